The Bertz CT molecular complexity index is 908. The molecule has 25 heavy (non-hydrogen) atoms. The van der Waals surface area contributed by atoms with Crippen LogP contribution in [0.2, 0.25) is 5.02 Å². The van der Waals surface area contributed by atoms with E-state index in [0.717, 1.165) is 32.9 Å². The molecule has 3 aromatic rings. The number of aliphatic hydroxyl groups excluding tert-OH is 1. The SMILES string of the molecule is Cc1cc2nc(CO)n(CCOc3cc(C)c(Cl)c(C)c3)c2cc1C. The number of benzene rings is 2. The Balaban J connectivity index is 1.82. The van der Waals surface area contributed by atoms with E-state index in [-0.39, 0.29) is 6.61 Å². The van der Waals surface area contributed by atoms with Gasteiger partial charge in [0, 0.05) is 5.02 Å². The first kappa shape index (κ1) is 17.8. The molecule has 0 radical (unpaired) electrons. The van der Waals surface area contributed by atoms with Crippen LogP contribution >= 0.6 is 11.6 Å². The van der Waals surface area contributed by atoms with Crippen molar-refractivity contribution in [3.05, 3.63) is 57.4 Å². The van der Waals surface area contributed by atoms with Crippen molar-refractivity contribution in [1.82, 2.24) is 9.55 Å². The van der Waals surface area contributed by atoms with Crippen LogP contribution in [0, 0.1) is 27.7 Å². The predicted molar refractivity (Wildman–Crippen MR) is 102 cm³/mol. The molecule has 2 aromatic carbocycles. The molecule has 1 N–H and O–H groups in total. The van der Waals surface area contributed by atoms with Crippen molar-refractivity contribution < 1.29 is 9.84 Å². The average Bonchev–Trinajstić information content (AvgIpc) is 2.90. The molecule has 0 saturated heterocycles. The second-order valence-corrected chi connectivity index (χ2v) is 6.86. The Labute approximate surface area is 153 Å². The molecule has 0 aliphatic rings. The van der Waals surface area contributed by atoms with Gasteiger partial charge in [0.15, 0.2) is 0 Å². The Morgan fingerprint density at radius 3 is 2.28 bits per heavy atom. The van der Waals surface area contributed by atoms with Crippen LogP contribution in [-0.4, -0.2) is 21.3 Å². The van der Waals surface area contributed by atoms with Gasteiger partial charge in [0.2, 0.25) is 0 Å². The summed E-state index contributed by atoms with van der Waals surface area (Å²) in [7, 11) is 0. The highest BCUT2D eigenvalue weighted by Gasteiger charge is 2.12. The fraction of sp³-hybridized carbons (Fsp3) is 0.350. The molecule has 0 spiro atoms. The summed E-state index contributed by atoms with van der Waals surface area (Å²) in [6.45, 7) is 9.12. The molecule has 4 nitrogen and oxygen atoms in total. The van der Waals surface area contributed by atoms with Crippen molar-refractivity contribution in [3.8, 4) is 5.75 Å². The van der Waals surface area contributed by atoms with E-state index in [4.69, 9.17) is 16.3 Å². The normalized spacial score (nSPS) is 11.3. The summed E-state index contributed by atoms with van der Waals surface area (Å²) < 4.78 is 7.93. The molecule has 0 unspecified atom stereocenters. The van der Waals surface area contributed by atoms with Gasteiger partial charge >= 0.3 is 0 Å². The van der Waals surface area contributed by atoms with Crippen molar-refractivity contribution in [2.24, 2.45) is 0 Å². The van der Waals surface area contributed by atoms with Crippen LogP contribution in [0.25, 0.3) is 11.0 Å². The highest BCUT2D eigenvalue weighted by Crippen LogP contribution is 2.26. The summed E-state index contributed by atoms with van der Waals surface area (Å²) in [5, 5.41) is 10.4. The first-order valence-corrected chi connectivity index (χ1v) is 8.75. The molecule has 0 amide bonds. The molecule has 1 aromatic heterocycles. The summed E-state index contributed by atoms with van der Waals surface area (Å²) in [5.74, 6) is 1.47. The van der Waals surface area contributed by atoms with E-state index < -0.39 is 0 Å². The highest BCUT2D eigenvalue weighted by atomic mass is 35.5. The molecule has 3 rings (SSSR count). The fourth-order valence-electron chi connectivity index (χ4n) is 3.04. The van der Waals surface area contributed by atoms with E-state index in [9.17, 15) is 5.11 Å². The van der Waals surface area contributed by atoms with Crippen molar-refractivity contribution in [2.75, 3.05) is 6.61 Å². The van der Waals surface area contributed by atoms with Gasteiger partial charge in [-0.3, -0.25) is 0 Å². The smallest absolute Gasteiger partial charge is 0.135 e. The fourth-order valence-corrected chi connectivity index (χ4v) is 3.15. The second kappa shape index (κ2) is 7.06. The van der Waals surface area contributed by atoms with Gasteiger partial charge in [-0.15, -0.1) is 0 Å². The van der Waals surface area contributed by atoms with Crippen LogP contribution < -0.4 is 4.74 Å². The van der Waals surface area contributed by atoms with E-state index in [2.05, 4.69) is 31.0 Å². The number of rotatable bonds is 5. The monoisotopic (exact) mass is 358 g/mol. The van der Waals surface area contributed by atoms with Gasteiger partial charge in [0.05, 0.1) is 17.6 Å². The Morgan fingerprint density at radius 1 is 1.00 bits per heavy atom. The summed E-state index contributed by atoms with van der Waals surface area (Å²) in [6, 6.07) is 8.07. The number of imidazole rings is 1. The number of aryl methyl sites for hydroxylation is 4. The lowest BCUT2D eigenvalue weighted by Crippen LogP contribution is -2.11. The largest absolute Gasteiger partial charge is 0.492 e. The number of nitrogens with zero attached hydrogens (tertiary/aromatic N) is 2. The topological polar surface area (TPSA) is 47.3 Å². The van der Waals surface area contributed by atoms with Crippen LogP contribution in [0.1, 0.15) is 28.1 Å². The number of halogens is 1. The van der Waals surface area contributed by atoms with Crippen molar-refractivity contribution in [3.63, 3.8) is 0 Å². The molecule has 0 aliphatic heterocycles. The number of ether oxygens (including phenoxy) is 1. The lowest BCUT2D eigenvalue weighted by atomic mass is 10.1. The minimum absolute atomic E-state index is 0.0913. The number of hydrogen-bond donors (Lipinski definition) is 1. The highest BCUT2D eigenvalue weighted by molar-refractivity contribution is 6.32. The second-order valence-electron chi connectivity index (χ2n) is 6.48. The van der Waals surface area contributed by atoms with E-state index in [1.807, 2.05) is 30.5 Å². The maximum Gasteiger partial charge on any atom is 0.135 e. The first-order chi connectivity index (χ1) is 11.9. The molecular weight excluding hydrogens is 336 g/mol. The lowest BCUT2D eigenvalue weighted by Gasteiger charge is -2.12. The summed E-state index contributed by atoms with van der Waals surface area (Å²) in [6.07, 6.45) is 0. The maximum atomic E-state index is 9.64. The molecule has 0 atom stereocenters. The minimum atomic E-state index is -0.0913. The van der Waals surface area contributed by atoms with Crippen LogP contribution in [0.5, 0.6) is 5.75 Å². The zero-order valence-corrected chi connectivity index (χ0v) is 15.8. The third-order valence-corrected chi connectivity index (χ3v) is 5.17. The van der Waals surface area contributed by atoms with Crippen LogP contribution in [-0.2, 0) is 13.2 Å². The Kier molecular flexibility index (Phi) is 5.02. The van der Waals surface area contributed by atoms with Crippen molar-refractivity contribution in [2.45, 2.75) is 40.8 Å². The van der Waals surface area contributed by atoms with Gasteiger partial charge in [-0.25, -0.2) is 4.98 Å². The molecule has 0 bridgehead atoms. The van der Waals surface area contributed by atoms with Crippen LogP contribution in [0.3, 0.4) is 0 Å². The molecule has 132 valence electrons. The first-order valence-electron chi connectivity index (χ1n) is 8.37. The molecule has 0 saturated carbocycles. The van der Waals surface area contributed by atoms with Gasteiger partial charge in [-0.05, 0) is 74.2 Å². The number of fused-ring (bicyclic) bond motifs is 1. The van der Waals surface area contributed by atoms with E-state index in [1.54, 1.807) is 0 Å². The maximum absolute atomic E-state index is 9.64. The number of aliphatic hydroxyl groups is 1. The molecule has 0 aliphatic carbocycles. The van der Waals surface area contributed by atoms with Crippen molar-refractivity contribution >= 4 is 22.6 Å². The van der Waals surface area contributed by atoms with Crippen LogP contribution in [0.4, 0.5) is 0 Å². The quantitative estimate of drug-likeness (QED) is 0.730. The summed E-state index contributed by atoms with van der Waals surface area (Å²) in [5.41, 5.74) is 6.36. The zero-order chi connectivity index (χ0) is 18.1. The van der Waals surface area contributed by atoms with Gasteiger partial charge in [0.25, 0.3) is 0 Å². The van der Waals surface area contributed by atoms with E-state index >= 15 is 0 Å². The number of aromatic nitrogens is 2. The third kappa shape index (κ3) is 3.51. The minimum Gasteiger partial charge on any atom is -0.492 e. The molecular formula is C20H23ClN2O2. The molecule has 0 fully saturated rings. The van der Waals surface area contributed by atoms with Crippen LogP contribution in [0.15, 0.2) is 24.3 Å². The predicted octanol–water partition coefficient (Wildman–Crippen LogP) is 4.49. The van der Waals surface area contributed by atoms with Gasteiger partial charge in [0.1, 0.15) is 24.8 Å². The third-order valence-electron chi connectivity index (χ3n) is 4.58. The van der Waals surface area contributed by atoms with Gasteiger partial charge < -0.3 is 14.4 Å². The average molecular weight is 359 g/mol. The summed E-state index contributed by atoms with van der Waals surface area (Å²) in [4.78, 5) is 4.54. The molecule has 1 heterocycles. The van der Waals surface area contributed by atoms with Gasteiger partial charge in [-0.1, -0.05) is 11.6 Å². The lowest BCUT2D eigenvalue weighted by molar-refractivity contribution is 0.255. The summed E-state index contributed by atoms with van der Waals surface area (Å²) >= 11 is 6.20. The van der Waals surface area contributed by atoms with Gasteiger partial charge in [-0.2, -0.15) is 0 Å². The van der Waals surface area contributed by atoms with E-state index in [0.29, 0.717) is 19.0 Å². The zero-order valence-electron chi connectivity index (χ0n) is 15.1. The Hall–Kier alpha value is -2.04. The molecule has 5 heteroatoms. The van der Waals surface area contributed by atoms with E-state index in [1.165, 1.54) is 11.1 Å². The van der Waals surface area contributed by atoms with Crippen molar-refractivity contribution in [1.29, 1.82) is 0 Å². The number of hydrogen-bond acceptors (Lipinski definition) is 3. The standard InChI is InChI=1S/C20H23ClN2O2/c1-12-9-17-18(10-13(12)2)23(19(11-24)22-17)5-6-25-16-7-14(3)20(21)15(4)8-16/h7-10,24H,5-6,11H2,1-4H3. The Morgan fingerprint density at radius 2 is 1.64 bits per heavy atom.